The Morgan fingerprint density at radius 2 is 1.96 bits per heavy atom. The number of hydrogen-bond donors (Lipinski definition) is 2. The molecular formula is C20H28ClN3O2S. The molecule has 148 valence electrons. The highest BCUT2D eigenvalue weighted by atomic mass is 35.5. The van der Waals surface area contributed by atoms with Crippen LogP contribution in [0.4, 0.5) is 5.13 Å². The molecule has 0 aliphatic carbocycles. The predicted molar refractivity (Wildman–Crippen MR) is 114 cm³/mol. The molecule has 3 N–H and O–H groups in total. The smallest absolute Gasteiger partial charge is 0.233 e. The fourth-order valence-corrected chi connectivity index (χ4v) is 4.18. The van der Waals surface area contributed by atoms with E-state index in [2.05, 4.69) is 41.5 Å². The third-order valence-electron chi connectivity index (χ3n) is 5.11. The van der Waals surface area contributed by atoms with Crippen molar-refractivity contribution in [1.29, 1.82) is 0 Å². The van der Waals surface area contributed by atoms with Gasteiger partial charge >= 0.3 is 0 Å². The summed E-state index contributed by atoms with van der Waals surface area (Å²) < 4.78 is 5.39. The zero-order valence-electron chi connectivity index (χ0n) is 15.9. The summed E-state index contributed by atoms with van der Waals surface area (Å²) in [6, 6.07) is 8.53. The number of ether oxygens (including phenoxy) is 1. The Hall–Kier alpha value is -1.47. The fourth-order valence-electron chi connectivity index (χ4n) is 3.35. The Morgan fingerprint density at radius 3 is 2.56 bits per heavy atom. The summed E-state index contributed by atoms with van der Waals surface area (Å²) in [5.74, 6) is -0.0399. The Balaban J connectivity index is 0.00000261. The number of nitrogens with zero attached hydrogens (tertiary/aromatic N) is 1. The molecule has 0 bridgehead atoms. The van der Waals surface area contributed by atoms with Gasteiger partial charge in [0.2, 0.25) is 5.91 Å². The maximum Gasteiger partial charge on any atom is 0.233 e. The first-order valence-corrected chi connectivity index (χ1v) is 10.1. The van der Waals surface area contributed by atoms with Crippen molar-refractivity contribution < 1.29 is 9.53 Å². The lowest BCUT2D eigenvalue weighted by molar-refractivity contribution is -0.130. The number of carbonyl (C=O) groups excluding carboxylic acids is 1. The maximum absolute atomic E-state index is 12.8. The number of thiazole rings is 1. The summed E-state index contributed by atoms with van der Waals surface area (Å²) in [7, 11) is 0. The summed E-state index contributed by atoms with van der Waals surface area (Å²) in [5, 5.41) is 3.64. The molecular weight excluding hydrogens is 382 g/mol. The van der Waals surface area contributed by atoms with Crippen LogP contribution in [0.25, 0.3) is 11.3 Å². The monoisotopic (exact) mass is 409 g/mol. The topological polar surface area (TPSA) is 77.2 Å². The predicted octanol–water partition coefficient (Wildman–Crippen LogP) is 4.19. The van der Waals surface area contributed by atoms with Crippen LogP contribution in [0.2, 0.25) is 0 Å². The lowest BCUT2D eigenvalue weighted by Crippen LogP contribution is -2.46. The van der Waals surface area contributed by atoms with Gasteiger partial charge in [0.05, 0.1) is 11.1 Å². The Bertz CT molecular complexity index is 755. The van der Waals surface area contributed by atoms with E-state index in [1.54, 1.807) is 0 Å². The Labute approximate surface area is 171 Å². The van der Waals surface area contributed by atoms with E-state index < -0.39 is 5.41 Å². The molecule has 1 fully saturated rings. The van der Waals surface area contributed by atoms with E-state index >= 15 is 0 Å². The van der Waals surface area contributed by atoms with E-state index in [4.69, 9.17) is 10.5 Å². The van der Waals surface area contributed by atoms with Gasteiger partial charge in [0, 0.05) is 30.2 Å². The number of halogens is 1. The molecule has 3 rings (SSSR count). The molecule has 27 heavy (non-hydrogen) atoms. The van der Waals surface area contributed by atoms with Crippen molar-refractivity contribution in [3.05, 3.63) is 34.7 Å². The quantitative estimate of drug-likeness (QED) is 0.749. The number of anilines is 1. The number of rotatable bonds is 6. The van der Waals surface area contributed by atoms with E-state index in [1.807, 2.05) is 6.92 Å². The van der Waals surface area contributed by atoms with E-state index in [-0.39, 0.29) is 18.3 Å². The standard InChI is InChI=1S/C20H27N3O2S.ClH/c1-3-4-15-5-7-16(8-6-15)17-14(2)26-19(22-17)23-18(24)20(13-21)9-11-25-12-10-20;/h5-8H,3-4,9-13,21H2,1-2H3,(H,22,23,24);1H. The van der Waals surface area contributed by atoms with Gasteiger partial charge in [-0.1, -0.05) is 37.6 Å². The van der Waals surface area contributed by atoms with E-state index in [1.165, 1.54) is 16.9 Å². The van der Waals surface area contributed by atoms with Crippen LogP contribution < -0.4 is 11.1 Å². The van der Waals surface area contributed by atoms with Gasteiger partial charge in [0.25, 0.3) is 0 Å². The zero-order chi connectivity index (χ0) is 18.6. The molecule has 0 unspecified atom stereocenters. The molecule has 1 amide bonds. The van der Waals surface area contributed by atoms with Crippen LogP contribution in [0, 0.1) is 12.3 Å². The summed E-state index contributed by atoms with van der Waals surface area (Å²) in [4.78, 5) is 18.6. The van der Waals surface area contributed by atoms with Gasteiger partial charge < -0.3 is 15.8 Å². The van der Waals surface area contributed by atoms with Gasteiger partial charge in [-0.3, -0.25) is 4.79 Å². The van der Waals surface area contributed by atoms with E-state index in [9.17, 15) is 4.79 Å². The van der Waals surface area contributed by atoms with Gasteiger partial charge in [-0.25, -0.2) is 4.98 Å². The molecule has 1 aliphatic rings. The molecule has 0 radical (unpaired) electrons. The summed E-state index contributed by atoms with van der Waals surface area (Å²) in [5.41, 5.74) is 8.73. The van der Waals surface area contributed by atoms with Crippen LogP contribution in [0.15, 0.2) is 24.3 Å². The van der Waals surface area contributed by atoms with Gasteiger partial charge in [0.1, 0.15) is 0 Å². The second-order valence-corrected chi connectivity index (χ2v) is 8.12. The molecule has 1 aliphatic heterocycles. The highest BCUT2D eigenvalue weighted by Crippen LogP contribution is 2.34. The number of hydrogen-bond acceptors (Lipinski definition) is 5. The van der Waals surface area contributed by atoms with Gasteiger partial charge in [-0.2, -0.15) is 0 Å². The molecule has 0 saturated carbocycles. The number of nitrogens with two attached hydrogens (primary N) is 1. The van der Waals surface area contributed by atoms with Crippen molar-refractivity contribution in [3.8, 4) is 11.3 Å². The molecule has 1 saturated heterocycles. The fraction of sp³-hybridized carbons (Fsp3) is 0.500. The third-order valence-corrected chi connectivity index (χ3v) is 5.99. The van der Waals surface area contributed by atoms with Gasteiger partial charge in [0.15, 0.2) is 5.13 Å². The van der Waals surface area contributed by atoms with E-state index in [0.29, 0.717) is 37.7 Å². The summed E-state index contributed by atoms with van der Waals surface area (Å²) in [6.45, 7) is 5.71. The molecule has 7 heteroatoms. The molecule has 2 heterocycles. The lowest BCUT2D eigenvalue weighted by Gasteiger charge is -2.34. The number of amides is 1. The number of carbonyl (C=O) groups is 1. The molecule has 0 spiro atoms. The minimum atomic E-state index is -0.542. The van der Waals surface area contributed by atoms with Crippen molar-refractivity contribution in [2.24, 2.45) is 11.1 Å². The number of aryl methyl sites for hydroxylation is 2. The van der Waals surface area contributed by atoms with Crippen molar-refractivity contribution in [2.75, 3.05) is 25.1 Å². The van der Waals surface area contributed by atoms with Crippen LogP contribution in [-0.4, -0.2) is 30.6 Å². The highest BCUT2D eigenvalue weighted by molar-refractivity contribution is 7.16. The van der Waals surface area contributed by atoms with Crippen LogP contribution in [0.3, 0.4) is 0 Å². The van der Waals surface area contributed by atoms with Crippen LogP contribution in [0.5, 0.6) is 0 Å². The average Bonchev–Trinajstić information content (AvgIpc) is 3.03. The SMILES string of the molecule is CCCc1ccc(-c2nc(NC(=O)C3(CN)CCOCC3)sc2C)cc1.Cl. The Kier molecular flexibility index (Phi) is 7.79. The van der Waals surface area contributed by atoms with E-state index in [0.717, 1.165) is 29.0 Å². The zero-order valence-corrected chi connectivity index (χ0v) is 17.5. The first-order chi connectivity index (χ1) is 12.6. The van der Waals surface area contributed by atoms with Crippen molar-refractivity contribution in [2.45, 2.75) is 39.5 Å². The normalized spacial score (nSPS) is 15.8. The number of nitrogens with one attached hydrogen (secondary N) is 1. The van der Waals surface area contributed by atoms with Gasteiger partial charge in [-0.15, -0.1) is 23.7 Å². The van der Waals surface area contributed by atoms with Gasteiger partial charge in [-0.05, 0) is 31.7 Å². The highest BCUT2D eigenvalue weighted by Gasteiger charge is 2.39. The first kappa shape index (κ1) is 21.8. The van der Waals surface area contributed by atoms with Crippen LogP contribution >= 0.6 is 23.7 Å². The summed E-state index contributed by atoms with van der Waals surface area (Å²) >= 11 is 1.51. The first-order valence-electron chi connectivity index (χ1n) is 9.24. The minimum absolute atomic E-state index is 0. The summed E-state index contributed by atoms with van der Waals surface area (Å²) in [6.07, 6.45) is 3.54. The largest absolute Gasteiger partial charge is 0.381 e. The molecule has 0 atom stereocenters. The third kappa shape index (κ3) is 4.88. The second kappa shape index (κ2) is 9.64. The van der Waals surface area contributed by atoms with Crippen LogP contribution in [0.1, 0.15) is 36.6 Å². The number of aromatic nitrogens is 1. The molecule has 2 aromatic rings. The maximum atomic E-state index is 12.8. The van der Waals surface area contributed by atoms with Crippen molar-refractivity contribution >= 4 is 34.8 Å². The average molecular weight is 410 g/mol. The second-order valence-electron chi connectivity index (χ2n) is 6.92. The lowest BCUT2D eigenvalue weighted by atomic mass is 9.79. The van der Waals surface area contributed by atoms with Crippen molar-refractivity contribution in [3.63, 3.8) is 0 Å². The Morgan fingerprint density at radius 1 is 1.30 bits per heavy atom. The molecule has 1 aromatic heterocycles. The number of benzene rings is 1. The molecule has 1 aromatic carbocycles. The minimum Gasteiger partial charge on any atom is -0.381 e. The van der Waals surface area contributed by atoms with Crippen LogP contribution in [-0.2, 0) is 16.0 Å². The van der Waals surface area contributed by atoms with Crippen molar-refractivity contribution in [1.82, 2.24) is 4.98 Å². The molecule has 5 nitrogen and oxygen atoms in total.